The van der Waals surface area contributed by atoms with Crippen molar-refractivity contribution in [2.45, 2.75) is 39.8 Å². The highest BCUT2D eigenvalue weighted by Gasteiger charge is 2.21. The summed E-state index contributed by atoms with van der Waals surface area (Å²) in [6, 6.07) is 3.64. The molecule has 0 bridgehead atoms. The number of aryl methyl sites for hydroxylation is 1. The number of anilines is 1. The predicted molar refractivity (Wildman–Crippen MR) is 86.4 cm³/mol. The first kappa shape index (κ1) is 17.2. The SMILES string of the molecule is Cc1nc([N+](=O)[O-])cn1CC(=O)Nc1cc(C#N)cn1C(C)(C)C. The Morgan fingerprint density at radius 3 is 2.62 bits per heavy atom. The van der Waals surface area contributed by atoms with E-state index < -0.39 is 4.92 Å². The topological polar surface area (TPSA) is 119 Å². The van der Waals surface area contributed by atoms with Gasteiger partial charge in [0.1, 0.15) is 24.6 Å². The molecule has 0 aromatic carbocycles. The van der Waals surface area contributed by atoms with Gasteiger partial charge in [-0.05, 0) is 36.7 Å². The van der Waals surface area contributed by atoms with E-state index in [1.54, 1.807) is 23.8 Å². The molecule has 0 saturated heterocycles. The van der Waals surface area contributed by atoms with E-state index in [1.807, 2.05) is 26.8 Å². The number of carbonyl (C=O) groups excluding carboxylic acids is 1. The molecule has 2 heterocycles. The lowest BCUT2D eigenvalue weighted by Gasteiger charge is -2.24. The van der Waals surface area contributed by atoms with Crippen LogP contribution in [0.15, 0.2) is 18.5 Å². The van der Waals surface area contributed by atoms with Crippen molar-refractivity contribution < 1.29 is 9.72 Å². The zero-order valence-electron chi connectivity index (χ0n) is 13.9. The number of amides is 1. The molecule has 0 aliphatic carbocycles. The Hall–Kier alpha value is -3.15. The van der Waals surface area contributed by atoms with Gasteiger partial charge >= 0.3 is 5.82 Å². The Morgan fingerprint density at radius 2 is 2.12 bits per heavy atom. The molecule has 24 heavy (non-hydrogen) atoms. The summed E-state index contributed by atoms with van der Waals surface area (Å²) >= 11 is 0. The zero-order chi connectivity index (χ0) is 18.1. The minimum Gasteiger partial charge on any atom is -0.358 e. The van der Waals surface area contributed by atoms with Gasteiger partial charge in [0.15, 0.2) is 0 Å². The molecule has 9 nitrogen and oxygen atoms in total. The maximum Gasteiger partial charge on any atom is 0.381 e. The van der Waals surface area contributed by atoms with Crippen molar-refractivity contribution >= 4 is 17.5 Å². The third-order valence-corrected chi connectivity index (χ3v) is 3.40. The number of hydrogen-bond acceptors (Lipinski definition) is 5. The zero-order valence-corrected chi connectivity index (χ0v) is 13.9. The number of rotatable bonds is 4. The lowest BCUT2D eigenvalue weighted by atomic mass is 10.1. The van der Waals surface area contributed by atoms with Crippen LogP contribution in [0.3, 0.4) is 0 Å². The van der Waals surface area contributed by atoms with Gasteiger partial charge in [0.25, 0.3) is 0 Å². The van der Waals surface area contributed by atoms with Gasteiger partial charge in [-0.25, -0.2) is 0 Å². The second kappa shape index (κ2) is 6.16. The fourth-order valence-electron chi connectivity index (χ4n) is 2.25. The van der Waals surface area contributed by atoms with Crippen LogP contribution in [0.4, 0.5) is 11.6 Å². The Balaban J connectivity index is 2.20. The second-order valence-corrected chi connectivity index (χ2v) is 6.35. The second-order valence-electron chi connectivity index (χ2n) is 6.35. The molecule has 2 aromatic heterocycles. The molecule has 0 fully saturated rings. The Kier molecular flexibility index (Phi) is 4.41. The van der Waals surface area contributed by atoms with Crippen LogP contribution in [0.25, 0.3) is 0 Å². The standard InChI is InChI=1S/C15H18N6O3/c1-10-17-13(21(23)24)8-19(10)9-14(22)18-12-5-11(6-16)7-20(12)15(2,3)4/h5,7-8H,9H2,1-4H3,(H,18,22). The van der Waals surface area contributed by atoms with Crippen LogP contribution in [-0.4, -0.2) is 24.9 Å². The first-order chi connectivity index (χ1) is 11.1. The third-order valence-electron chi connectivity index (χ3n) is 3.40. The highest BCUT2D eigenvalue weighted by atomic mass is 16.6. The molecular weight excluding hydrogens is 312 g/mol. The smallest absolute Gasteiger partial charge is 0.358 e. The van der Waals surface area contributed by atoms with Gasteiger partial charge < -0.3 is 20.0 Å². The van der Waals surface area contributed by atoms with Crippen LogP contribution in [-0.2, 0) is 16.9 Å². The van der Waals surface area contributed by atoms with Crippen LogP contribution >= 0.6 is 0 Å². The minimum atomic E-state index is -0.606. The van der Waals surface area contributed by atoms with E-state index >= 15 is 0 Å². The van der Waals surface area contributed by atoms with Crippen molar-refractivity contribution in [1.82, 2.24) is 14.1 Å². The van der Waals surface area contributed by atoms with Crippen LogP contribution in [0, 0.1) is 28.4 Å². The summed E-state index contributed by atoms with van der Waals surface area (Å²) in [5, 5.41) is 22.5. The summed E-state index contributed by atoms with van der Waals surface area (Å²) in [7, 11) is 0. The van der Waals surface area contributed by atoms with Crippen LogP contribution in [0.2, 0.25) is 0 Å². The summed E-state index contributed by atoms with van der Waals surface area (Å²) < 4.78 is 3.20. The van der Waals surface area contributed by atoms with Gasteiger partial charge in [-0.3, -0.25) is 9.36 Å². The summed E-state index contributed by atoms with van der Waals surface area (Å²) in [5.41, 5.74) is 0.121. The maximum absolute atomic E-state index is 12.3. The van der Waals surface area contributed by atoms with Gasteiger partial charge in [-0.15, -0.1) is 0 Å². The molecule has 0 radical (unpaired) electrons. The molecule has 1 amide bonds. The molecule has 2 rings (SSSR count). The fourth-order valence-corrected chi connectivity index (χ4v) is 2.25. The van der Waals surface area contributed by atoms with Crippen molar-refractivity contribution in [1.29, 1.82) is 5.26 Å². The van der Waals surface area contributed by atoms with Gasteiger partial charge in [-0.1, -0.05) is 0 Å². The largest absolute Gasteiger partial charge is 0.381 e. The monoisotopic (exact) mass is 330 g/mol. The van der Waals surface area contributed by atoms with Crippen LogP contribution in [0.5, 0.6) is 0 Å². The number of nitro groups is 1. The summed E-state index contributed by atoms with van der Waals surface area (Å²) in [6.45, 7) is 7.34. The lowest BCUT2D eigenvalue weighted by Crippen LogP contribution is -2.26. The van der Waals surface area contributed by atoms with Crippen LogP contribution < -0.4 is 5.32 Å². The summed E-state index contributed by atoms with van der Waals surface area (Å²) in [4.78, 5) is 26.2. The normalized spacial score (nSPS) is 11.1. The maximum atomic E-state index is 12.3. The Morgan fingerprint density at radius 1 is 1.46 bits per heavy atom. The third kappa shape index (κ3) is 3.60. The molecule has 9 heteroatoms. The van der Waals surface area contributed by atoms with E-state index in [-0.39, 0.29) is 23.8 Å². The molecule has 0 aliphatic heterocycles. The van der Waals surface area contributed by atoms with Crippen molar-refractivity contribution in [3.05, 3.63) is 40.0 Å². The first-order valence-corrected chi connectivity index (χ1v) is 7.23. The van der Waals surface area contributed by atoms with Gasteiger partial charge in [-0.2, -0.15) is 5.26 Å². The summed E-state index contributed by atoms with van der Waals surface area (Å²) in [6.07, 6.45) is 2.89. The van der Waals surface area contributed by atoms with Crippen molar-refractivity contribution in [3.63, 3.8) is 0 Å². The van der Waals surface area contributed by atoms with Crippen molar-refractivity contribution in [2.24, 2.45) is 0 Å². The molecule has 0 spiro atoms. The van der Waals surface area contributed by atoms with E-state index in [0.29, 0.717) is 17.2 Å². The number of imidazole rings is 1. The molecule has 1 N–H and O–H groups in total. The minimum absolute atomic E-state index is 0.107. The van der Waals surface area contributed by atoms with E-state index in [4.69, 9.17) is 5.26 Å². The van der Waals surface area contributed by atoms with Crippen molar-refractivity contribution in [3.8, 4) is 6.07 Å². The molecule has 0 unspecified atom stereocenters. The number of nitrogens with zero attached hydrogens (tertiary/aromatic N) is 5. The van der Waals surface area contributed by atoms with Gasteiger partial charge in [0.2, 0.25) is 11.7 Å². The fraction of sp³-hybridized carbons (Fsp3) is 0.400. The predicted octanol–water partition coefficient (Wildman–Crippen LogP) is 2.17. The number of nitriles is 1. The van der Waals surface area contributed by atoms with E-state index in [0.717, 1.165) is 0 Å². The molecule has 0 aliphatic rings. The highest BCUT2D eigenvalue weighted by molar-refractivity contribution is 5.90. The Bertz CT molecular complexity index is 834. The van der Waals surface area contributed by atoms with Gasteiger partial charge in [0, 0.05) is 18.7 Å². The number of nitrogens with one attached hydrogen (secondary N) is 1. The van der Waals surface area contributed by atoms with E-state index in [1.165, 1.54) is 10.8 Å². The lowest BCUT2D eigenvalue weighted by molar-refractivity contribution is -0.389. The van der Waals surface area contributed by atoms with Crippen molar-refractivity contribution in [2.75, 3.05) is 5.32 Å². The molecule has 0 saturated carbocycles. The molecule has 0 atom stereocenters. The Labute approximate surface area is 138 Å². The number of carbonyl (C=O) groups is 1. The van der Waals surface area contributed by atoms with Crippen LogP contribution in [0.1, 0.15) is 32.2 Å². The van der Waals surface area contributed by atoms with E-state index in [9.17, 15) is 14.9 Å². The summed E-state index contributed by atoms with van der Waals surface area (Å²) in [5.74, 6) is 0.209. The average molecular weight is 330 g/mol. The molecular formula is C15H18N6O3. The van der Waals surface area contributed by atoms with Gasteiger partial charge in [0.05, 0.1) is 5.56 Å². The quantitative estimate of drug-likeness (QED) is 0.680. The highest BCUT2D eigenvalue weighted by Crippen LogP contribution is 2.24. The first-order valence-electron chi connectivity index (χ1n) is 7.23. The number of aromatic nitrogens is 3. The van der Waals surface area contributed by atoms with E-state index in [2.05, 4.69) is 10.3 Å². The molecule has 2 aromatic rings. The average Bonchev–Trinajstić information content (AvgIpc) is 3.03. The molecule has 126 valence electrons. The number of hydrogen-bond donors (Lipinski definition) is 1.